The van der Waals surface area contributed by atoms with Crippen LogP contribution in [-0.2, 0) is 23.2 Å². The normalized spacial score (nSPS) is 18.1. The molecular weight excluding hydrogens is 512 g/mol. The maximum absolute atomic E-state index is 13.9. The van der Waals surface area contributed by atoms with E-state index in [1.54, 1.807) is 0 Å². The summed E-state index contributed by atoms with van der Waals surface area (Å²) in [6, 6.07) is 15.1. The lowest BCUT2D eigenvalue weighted by molar-refractivity contribution is -0.137. The number of carbonyl (C=O) groups excluding carboxylic acids is 1. The van der Waals surface area contributed by atoms with Crippen molar-refractivity contribution >= 4 is 34.5 Å². The molecule has 2 aromatic carbocycles. The van der Waals surface area contributed by atoms with E-state index in [1.807, 2.05) is 59.8 Å². The molecule has 39 heavy (non-hydrogen) atoms. The van der Waals surface area contributed by atoms with Crippen molar-refractivity contribution in [1.82, 2.24) is 19.9 Å². The van der Waals surface area contributed by atoms with E-state index in [-0.39, 0.29) is 17.9 Å². The minimum atomic E-state index is -0.805. The van der Waals surface area contributed by atoms with Gasteiger partial charge in [0.25, 0.3) is 5.91 Å². The summed E-state index contributed by atoms with van der Waals surface area (Å²) in [5, 5.41) is 9.67. The first-order valence-corrected chi connectivity index (χ1v) is 13.9. The number of amides is 1. The predicted molar refractivity (Wildman–Crippen MR) is 150 cm³/mol. The van der Waals surface area contributed by atoms with Crippen molar-refractivity contribution < 1.29 is 14.7 Å². The average molecular weight is 541 g/mol. The van der Waals surface area contributed by atoms with E-state index in [4.69, 9.17) is 26.7 Å². The molecule has 1 aliphatic carbocycles. The summed E-state index contributed by atoms with van der Waals surface area (Å²) >= 11 is 6.11. The number of hydrogen-bond acceptors (Lipinski definition) is 5. The number of hydrogen-bond donors (Lipinski definition) is 1. The number of nitrogens with zero attached hydrogens (tertiary/aromatic N) is 4. The van der Waals surface area contributed by atoms with Crippen LogP contribution in [0.25, 0.3) is 22.3 Å². The number of likely N-dealkylation sites (tertiary alicyclic amines) is 1. The molecule has 0 radical (unpaired) electrons. The molecule has 1 spiro atoms. The van der Waals surface area contributed by atoms with Crippen LogP contribution in [0.1, 0.15) is 65.7 Å². The summed E-state index contributed by atoms with van der Waals surface area (Å²) < 4.78 is 0. The highest BCUT2D eigenvalue weighted by molar-refractivity contribution is 6.30. The van der Waals surface area contributed by atoms with E-state index < -0.39 is 5.97 Å². The maximum Gasteiger partial charge on any atom is 0.303 e. The number of aromatic nitrogens is 3. The topological polar surface area (TPSA) is 96.3 Å². The van der Waals surface area contributed by atoms with Crippen molar-refractivity contribution in [1.29, 1.82) is 0 Å². The van der Waals surface area contributed by atoms with Crippen molar-refractivity contribution in [2.75, 3.05) is 6.54 Å². The number of unbranched alkanes of at least 4 members (excludes halogenated alkanes) is 1. The van der Waals surface area contributed by atoms with E-state index in [9.17, 15) is 9.59 Å². The summed E-state index contributed by atoms with van der Waals surface area (Å²) in [6.45, 7) is 0.723. The molecule has 4 aromatic rings. The Kier molecular flexibility index (Phi) is 6.77. The second-order valence-corrected chi connectivity index (χ2v) is 10.9. The van der Waals surface area contributed by atoms with Crippen molar-refractivity contribution in [3.63, 3.8) is 0 Å². The second kappa shape index (κ2) is 10.4. The smallest absolute Gasteiger partial charge is 0.303 e. The number of carboxylic acids is 1. The standard InChI is InChI=1S/C31H29ClN4O3/c32-23-9-6-21(7-10-23)29-26(4-1-2-5-28(37)38)34-27-18-22(8-11-25(27)35-29)30(39)36-17-3-14-31(36)15-12-20-13-16-33-19-24(20)31/h6-11,13,16,18-19H,1-5,12,14-15,17H2,(H,37,38). The van der Waals surface area contributed by atoms with E-state index in [0.717, 1.165) is 49.2 Å². The van der Waals surface area contributed by atoms with Crippen LogP contribution in [-0.4, -0.2) is 43.4 Å². The number of benzene rings is 2. The Morgan fingerprint density at radius 3 is 2.67 bits per heavy atom. The molecule has 2 aliphatic rings. The first-order valence-electron chi connectivity index (χ1n) is 13.5. The van der Waals surface area contributed by atoms with Crippen molar-refractivity contribution in [3.8, 4) is 11.3 Å². The zero-order valence-electron chi connectivity index (χ0n) is 21.6. The predicted octanol–water partition coefficient (Wildman–Crippen LogP) is 6.22. The summed E-state index contributed by atoms with van der Waals surface area (Å²) in [5.74, 6) is -0.793. The molecule has 6 rings (SSSR count). The molecule has 0 saturated carbocycles. The third-order valence-corrected chi connectivity index (χ3v) is 8.36. The van der Waals surface area contributed by atoms with Crippen LogP contribution >= 0.6 is 11.6 Å². The van der Waals surface area contributed by atoms with Gasteiger partial charge >= 0.3 is 5.97 Å². The Bertz CT molecular complexity index is 1570. The summed E-state index contributed by atoms with van der Waals surface area (Å²) in [6.07, 6.45) is 9.52. The maximum atomic E-state index is 13.9. The van der Waals surface area contributed by atoms with Crippen LogP contribution in [0.2, 0.25) is 5.02 Å². The molecule has 1 unspecified atom stereocenters. The molecule has 3 heterocycles. The van der Waals surface area contributed by atoms with Gasteiger partial charge in [0.05, 0.1) is 28.0 Å². The Balaban J connectivity index is 1.35. The lowest BCUT2D eigenvalue weighted by atomic mass is 9.89. The number of rotatable bonds is 7. The zero-order chi connectivity index (χ0) is 27.0. The van der Waals surface area contributed by atoms with Gasteiger partial charge < -0.3 is 10.0 Å². The van der Waals surface area contributed by atoms with Crippen LogP contribution < -0.4 is 0 Å². The number of aliphatic carboxylic acids is 1. The largest absolute Gasteiger partial charge is 0.481 e. The van der Waals surface area contributed by atoms with Gasteiger partial charge in [0, 0.05) is 41.5 Å². The summed E-state index contributed by atoms with van der Waals surface area (Å²) in [4.78, 5) is 41.2. The van der Waals surface area contributed by atoms with Gasteiger partial charge in [0.1, 0.15) is 0 Å². The molecular formula is C31H29ClN4O3. The van der Waals surface area contributed by atoms with Crippen molar-refractivity contribution in [2.45, 2.75) is 56.9 Å². The van der Waals surface area contributed by atoms with Gasteiger partial charge in [-0.05, 0) is 92.5 Å². The second-order valence-electron chi connectivity index (χ2n) is 10.5. The number of halogens is 1. The SMILES string of the molecule is O=C(O)CCCCc1nc2cc(C(=O)N3CCCC34CCc3ccncc34)ccc2nc1-c1ccc(Cl)cc1. The molecule has 1 amide bonds. The molecule has 2 aromatic heterocycles. The van der Waals surface area contributed by atoms with Crippen LogP contribution in [0.15, 0.2) is 60.9 Å². The fourth-order valence-electron chi connectivity index (χ4n) is 6.21. The first kappa shape index (κ1) is 25.4. The van der Waals surface area contributed by atoms with E-state index >= 15 is 0 Å². The van der Waals surface area contributed by atoms with E-state index in [1.165, 1.54) is 11.1 Å². The Labute approximate surface area is 231 Å². The lowest BCUT2D eigenvalue weighted by Gasteiger charge is -2.36. The molecule has 198 valence electrons. The summed E-state index contributed by atoms with van der Waals surface area (Å²) in [7, 11) is 0. The van der Waals surface area contributed by atoms with Crippen LogP contribution in [0.4, 0.5) is 0 Å². The number of carbonyl (C=O) groups is 2. The molecule has 1 aliphatic heterocycles. The van der Waals surface area contributed by atoms with Gasteiger partial charge in [0.15, 0.2) is 0 Å². The third-order valence-electron chi connectivity index (χ3n) is 8.11. The number of carboxylic acid groups (broad SMARTS) is 1. The number of fused-ring (bicyclic) bond motifs is 3. The fraction of sp³-hybridized carbons (Fsp3) is 0.323. The highest BCUT2D eigenvalue weighted by atomic mass is 35.5. The highest BCUT2D eigenvalue weighted by Gasteiger charge is 2.49. The Hall–Kier alpha value is -3.84. The monoisotopic (exact) mass is 540 g/mol. The molecule has 8 heteroatoms. The quantitative estimate of drug-likeness (QED) is 0.279. The summed E-state index contributed by atoms with van der Waals surface area (Å²) in [5.41, 5.74) is 6.60. The van der Waals surface area contributed by atoms with Crippen LogP contribution in [0.5, 0.6) is 0 Å². The fourth-order valence-corrected chi connectivity index (χ4v) is 6.34. The van der Waals surface area contributed by atoms with Gasteiger partial charge in [-0.1, -0.05) is 23.7 Å². The average Bonchev–Trinajstić information content (AvgIpc) is 3.55. The minimum Gasteiger partial charge on any atom is -0.481 e. The Morgan fingerprint density at radius 2 is 1.85 bits per heavy atom. The van der Waals surface area contributed by atoms with E-state index in [0.29, 0.717) is 40.9 Å². The van der Waals surface area contributed by atoms with Gasteiger partial charge in [-0.3, -0.25) is 14.6 Å². The molecule has 1 N–H and O–H groups in total. The minimum absolute atomic E-state index is 0.0117. The number of pyridine rings is 1. The van der Waals surface area contributed by atoms with Crippen LogP contribution in [0, 0.1) is 0 Å². The van der Waals surface area contributed by atoms with Crippen LogP contribution in [0.3, 0.4) is 0 Å². The zero-order valence-corrected chi connectivity index (χ0v) is 22.3. The molecule has 1 atom stereocenters. The molecule has 0 bridgehead atoms. The van der Waals surface area contributed by atoms with Crippen molar-refractivity contribution in [2.24, 2.45) is 0 Å². The number of aryl methyl sites for hydroxylation is 2. The highest BCUT2D eigenvalue weighted by Crippen LogP contribution is 2.48. The molecule has 1 fully saturated rings. The van der Waals surface area contributed by atoms with Gasteiger partial charge in [-0.2, -0.15) is 0 Å². The molecule has 7 nitrogen and oxygen atoms in total. The van der Waals surface area contributed by atoms with E-state index in [2.05, 4.69) is 11.1 Å². The van der Waals surface area contributed by atoms with Gasteiger partial charge in [0.2, 0.25) is 0 Å². The van der Waals surface area contributed by atoms with Gasteiger partial charge in [-0.15, -0.1) is 0 Å². The third kappa shape index (κ3) is 4.76. The van der Waals surface area contributed by atoms with Gasteiger partial charge in [-0.25, -0.2) is 9.97 Å². The first-order chi connectivity index (χ1) is 18.9. The van der Waals surface area contributed by atoms with Crippen molar-refractivity contribution in [3.05, 3.63) is 88.3 Å². The molecule has 1 saturated heterocycles. The Morgan fingerprint density at radius 1 is 1.00 bits per heavy atom. The lowest BCUT2D eigenvalue weighted by Crippen LogP contribution is -2.43.